The van der Waals surface area contributed by atoms with Gasteiger partial charge in [0.05, 0.1) is 16.8 Å². The average Bonchev–Trinajstić information content (AvgIpc) is 3.17. The highest BCUT2D eigenvalue weighted by Gasteiger charge is 2.28. The molecule has 1 N–H and O–H groups in total. The fourth-order valence-corrected chi connectivity index (χ4v) is 5.88. The Hall–Kier alpha value is -3.88. The van der Waals surface area contributed by atoms with Crippen molar-refractivity contribution in [1.82, 2.24) is 9.99 Å². The van der Waals surface area contributed by atoms with E-state index in [0.29, 0.717) is 10.7 Å². The highest BCUT2D eigenvalue weighted by Crippen LogP contribution is 2.28. The van der Waals surface area contributed by atoms with E-state index in [1.165, 1.54) is 12.1 Å². The summed E-state index contributed by atoms with van der Waals surface area (Å²) in [6.07, 6.45) is 1.56. The second kappa shape index (κ2) is 11.2. The number of carbonyl (C=O) groups is 1. The van der Waals surface area contributed by atoms with E-state index >= 15 is 0 Å². The molecule has 3 aromatic carbocycles. The number of anilines is 1. The summed E-state index contributed by atoms with van der Waals surface area (Å²) in [6.45, 7) is 7.20. The maximum absolute atomic E-state index is 13.6. The molecule has 0 aliphatic carbocycles. The summed E-state index contributed by atoms with van der Waals surface area (Å²) in [5.74, 6) is -0.562. The van der Waals surface area contributed by atoms with Gasteiger partial charge in [-0.25, -0.2) is 13.8 Å². The van der Waals surface area contributed by atoms with Crippen molar-refractivity contribution in [3.05, 3.63) is 112 Å². The lowest BCUT2D eigenvalue weighted by atomic mass is 10.1. The molecule has 38 heavy (non-hydrogen) atoms. The zero-order valence-electron chi connectivity index (χ0n) is 21.6. The minimum absolute atomic E-state index is 0.104. The maximum atomic E-state index is 13.6. The van der Waals surface area contributed by atoms with Crippen LogP contribution in [0.3, 0.4) is 0 Å². The smallest absolute Gasteiger partial charge is 0.264 e. The summed E-state index contributed by atoms with van der Waals surface area (Å²) in [6, 6.07) is 23.1. The van der Waals surface area contributed by atoms with Crippen LogP contribution in [0, 0.1) is 27.7 Å². The molecular weight excluding hydrogens is 520 g/mol. The Morgan fingerprint density at radius 1 is 0.974 bits per heavy atom. The van der Waals surface area contributed by atoms with Crippen LogP contribution in [-0.4, -0.2) is 31.7 Å². The van der Waals surface area contributed by atoms with Gasteiger partial charge in [0.2, 0.25) is 0 Å². The van der Waals surface area contributed by atoms with Gasteiger partial charge in [0, 0.05) is 27.7 Å². The summed E-state index contributed by atoms with van der Waals surface area (Å²) in [5, 5.41) is 4.78. The number of nitrogens with zero attached hydrogens (tertiary/aromatic N) is 3. The first-order valence-corrected chi connectivity index (χ1v) is 13.8. The normalized spacial score (nSPS) is 11.6. The van der Waals surface area contributed by atoms with Crippen molar-refractivity contribution in [2.24, 2.45) is 5.10 Å². The van der Waals surface area contributed by atoms with Crippen LogP contribution in [0.4, 0.5) is 5.69 Å². The minimum atomic E-state index is -4.00. The molecule has 0 saturated carbocycles. The molecule has 0 unspecified atom stereocenters. The fourth-order valence-electron chi connectivity index (χ4n) is 4.25. The predicted octanol–water partition coefficient (Wildman–Crippen LogP) is 5.71. The number of halogens is 1. The van der Waals surface area contributed by atoms with Crippen LogP contribution in [0.1, 0.15) is 28.1 Å². The number of hydrogen-bond acceptors (Lipinski definition) is 4. The Morgan fingerprint density at radius 3 is 2.34 bits per heavy atom. The van der Waals surface area contributed by atoms with Crippen LogP contribution < -0.4 is 9.73 Å². The van der Waals surface area contributed by atoms with Gasteiger partial charge in [-0.1, -0.05) is 41.9 Å². The fraction of sp³-hybridized carbons (Fsp3) is 0.172. The topological polar surface area (TPSA) is 83.8 Å². The van der Waals surface area contributed by atoms with Gasteiger partial charge < -0.3 is 4.57 Å². The monoisotopic (exact) mass is 548 g/mol. The molecule has 7 nitrogen and oxygen atoms in total. The van der Waals surface area contributed by atoms with E-state index in [9.17, 15) is 13.2 Å². The number of hydrogen-bond donors (Lipinski definition) is 1. The number of nitrogens with one attached hydrogen (secondary N) is 1. The molecule has 0 bridgehead atoms. The molecule has 0 aliphatic rings. The molecule has 1 heterocycles. The first-order valence-electron chi connectivity index (χ1n) is 12.0. The van der Waals surface area contributed by atoms with Crippen molar-refractivity contribution in [1.29, 1.82) is 0 Å². The number of hydrazone groups is 1. The molecule has 0 atom stereocenters. The first kappa shape index (κ1) is 27.2. The van der Waals surface area contributed by atoms with E-state index in [1.54, 1.807) is 30.5 Å². The number of rotatable bonds is 8. The molecule has 0 fully saturated rings. The maximum Gasteiger partial charge on any atom is 0.264 e. The van der Waals surface area contributed by atoms with Gasteiger partial charge >= 0.3 is 0 Å². The van der Waals surface area contributed by atoms with Crippen LogP contribution in [0.15, 0.2) is 88.9 Å². The van der Waals surface area contributed by atoms with Crippen molar-refractivity contribution in [3.63, 3.8) is 0 Å². The van der Waals surface area contributed by atoms with Crippen LogP contribution in [0.25, 0.3) is 5.69 Å². The quantitative estimate of drug-likeness (QED) is 0.226. The largest absolute Gasteiger partial charge is 0.318 e. The number of aromatic nitrogens is 1. The summed E-state index contributed by atoms with van der Waals surface area (Å²) >= 11 is 6.02. The number of sulfonamides is 1. The first-order chi connectivity index (χ1) is 18.1. The van der Waals surface area contributed by atoms with Gasteiger partial charge in [-0.2, -0.15) is 5.10 Å². The molecular formula is C29H29ClN4O3S. The molecule has 1 amide bonds. The van der Waals surface area contributed by atoms with Crippen molar-refractivity contribution >= 4 is 39.4 Å². The summed E-state index contributed by atoms with van der Waals surface area (Å²) in [4.78, 5) is 13.1. The van der Waals surface area contributed by atoms with E-state index in [4.69, 9.17) is 11.6 Å². The summed E-state index contributed by atoms with van der Waals surface area (Å²) in [5.41, 5.74) is 8.27. The van der Waals surface area contributed by atoms with Gasteiger partial charge in [0.1, 0.15) is 6.54 Å². The van der Waals surface area contributed by atoms with E-state index in [-0.39, 0.29) is 4.90 Å². The van der Waals surface area contributed by atoms with E-state index < -0.39 is 22.5 Å². The highest BCUT2D eigenvalue weighted by molar-refractivity contribution is 7.92. The average molecular weight is 549 g/mol. The molecule has 4 aromatic rings. The molecule has 0 radical (unpaired) electrons. The van der Waals surface area contributed by atoms with Crippen LogP contribution in [0.5, 0.6) is 0 Å². The van der Waals surface area contributed by atoms with Crippen molar-refractivity contribution in [2.45, 2.75) is 32.6 Å². The van der Waals surface area contributed by atoms with E-state index in [0.717, 1.165) is 38.1 Å². The van der Waals surface area contributed by atoms with Gasteiger partial charge in [0.15, 0.2) is 0 Å². The molecule has 4 rings (SSSR count). The molecule has 1 aromatic heterocycles. The third-order valence-electron chi connectivity index (χ3n) is 6.20. The lowest BCUT2D eigenvalue weighted by molar-refractivity contribution is -0.119. The third kappa shape index (κ3) is 5.82. The third-order valence-corrected chi connectivity index (χ3v) is 8.23. The lowest BCUT2D eigenvalue weighted by Gasteiger charge is -2.25. The summed E-state index contributed by atoms with van der Waals surface area (Å²) in [7, 11) is -4.00. The van der Waals surface area contributed by atoms with Gasteiger partial charge in [-0.3, -0.25) is 9.10 Å². The zero-order chi connectivity index (χ0) is 27.4. The Bertz CT molecular complexity index is 1600. The predicted molar refractivity (Wildman–Crippen MR) is 153 cm³/mol. The molecule has 9 heteroatoms. The number of aryl methyl sites for hydroxylation is 3. The van der Waals surface area contributed by atoms with Gasteiger partial charge in [0.25, 0.3) is 15.9 Å². The van der Waals surface area contributed by atoms with Crippen LogP contribution in [0.2, 0.25) is 5.02 Å². The van der Waals surface area contributed by atoms with Crippen molar-refractivity contribution in [2.75, 3.05) is 10.8 Å². The van der Waals surface area contributed by atoms with E-state index in [2.05, 4.69) is 15.1 Å². The van der Waals surface area contributed by atoms with Crippen molar-refractivity contribution in [3.8, 4) is 5.69 Å². The zero-order valence-corrected chi connectivity index (χ0v) is 23.2. The minimum Gasteiger partial charge on any atom is -0.318 e. The molecule has 0 aliphatic heterocycles. The second-order valence-corrected chi connectivity index (χ2v) is 11.3. The molecule has 0 spiro atoms. The SMILES string of the molecule is Cc1ccc(C)c(N(CC(=O)N/N=C/c2cc(C)n(-c3ccc(Cl)cc3)c2C)S(=O)(=O)c2ccccc2)c1. The Balaban J connectivity index is 1.57. The Morgan fingerprint density at radius 2 is 1.66 bits per heavy atom. The molecule has 0 saturated heterocycles. The Labute approximate surface area is 228 Å². The molecule has 196 valence electrons. The number of benzene rings is 3. The van der Waals surface area contributed by atoms with Gasteiger partial charge in [-0.15, -0.1) is 0 Å². The lowest BCUT2D eigenvalue weighted by Crippen LogP contribution is -2.40. The number of carbonyl (C=O) groups excluding carboxylic acids is 1. The number of amides is 1. The van der Waals surface area contributed by atoms with Crippen molar-refractivity contribution < 1.29 is 13.2 Å². The van der Waals surface area contributed by atoms with Gasteiger partial charge in [-0.05, 0) is 87.4 Å². The van der Waals surface area contributed by atoms with Crippen LogP contribution >= 0.6 is 11.6 Å². The Kier molecular flexibility index (Phi) is 8.04. The standard InChI is InChI=1S/C29H29ClN4O3S/c1-20-10-11-21(2)28(16-20)33(38(36,37)27-8-6-5-7-9-27)19-29(35)32-31-18-24-17-22(3)34(23(24)4)26-14-12-25(30)13-15-26/h5-18H,19H2,1-4H3,(H,32,35)/b31-18+. The van der Waals surface area contributed by atoms with E-state index in [1.807, 2.05) is 70.2 Å². The summed E-state index contributed by atoms with van der Waals surface area (Å²) < 4.78 is 30.3. The second-order valence-electron chi connectivity index (χ2n) is 9.05. The van der Waals surface area contributed by atoms with Crippen LogP contribution in [-0.2, 0) is 14.8 Å². The highest BCUT2D eigenvalue weighted by atomic mass is 35.5.